The molecule has 0 aromatic carbocycles. The van der Waals surface area contributed by atoms with Gasteiger partial charge in [-0.3, -0.25) is 9.59 Å². The largest absolute Gasteiger partial charge is 0.466 e. The van der Waals surface area contributed by atoms with Gasteiger partial charge < -0.3 is 20.3 Å². The van der Waals surface area contributed by atoms with Crippen LogP contribution in [0.1, 0.15) is 335 Å². The number of aliphatic hydroxyl groups is 2. The maximum atomic E-state index is 12.5. The second-order valence-electron chi connectivity index (χ2n) is 20.3. The van der Waals surface area contributed by atoms with Gasteiger partial charge in [-0.1, -0.05) is 296 Å². The predicted octanol–water partition coefficient (Wildman–Crippen LogP) is 17.9. The van der Waals surface area contributed by atoms with Gasteiger partial charge in [0.1, 0.15) is 0 Å². The molecule has 0 aliphatic rings. The third kappa shape index (κ3) is 50.3. The molecule has 0 saturated carbocycles. The van der Waals surface area contributed by atoms with E-state index in [1.165, 1.54) is 244 Å². The molecule has 0 heterocycles. The molecule has 6 nitrogen and oxygen atoms in total. The Morgan fingerprint density at radius 1 is 0.375 bits per heavy atom. The van der Waals surface area contributed by atoms with Gasteiger partial charge in [-0.25, -0.2) is 0 Å². The quantitative estimate of drug-likeness (QED) is 0.0417. The molecule has 0 rings (SSSR count). The summed E-state index contributed by atoms with van der Waals surface area (Å²) >= 11 is 0. The van der Waals surface area contributed by atoms with Crippen molar-refractivity contribution in [2.75, 3.05) is 13.2 Å². The lowest BCUT2D eigenvalue weighted by Gasteiger charge is -2.22. The number of aliphatic hydroxyl groups excluding tert-OH is 2. The number of nitrogens with one attached hydrogen (secondary N) is 1. The number of carbonyl (C=O) groups is 2. The third-order valence-corrected chi connectivity index (χ3v) is 13.9. The van der Waals surface area contributed by atoms with Crippen molar-refractivity contribution in [3.63, 3.8) is 0 Å². The Hall–Kier alpha value is -1.14. The Morgan fingerprint density at radius 3 is 0.953 bits per heavy atom. The third-order valence-electron chi connectivity index (χ3n) is 13.9. The van der Waals surface area contributed by atoms with Crippen molar-refractivity contribution in [2.45, 2.75) is 347 Å². The standard InChI is InChI=1S/C58H115NO5/c1-3-5-7-9-11-13-15-17-19-20-21-22-23-24-26-27-30-34-38-42-46-50-56(61)55(54-60)59-57(62)51-47-43-39-35-31-29-33-37-41-45-49-53-64-58(63)52-48-44-40-36-32-28-25-18-16-14-12-10-8-6-4-2/h55-56,60-61H,3-54H2,1-2H3,(H,59,62). The molecule has 1 amide bonds. The number of ether oxygens (including phenoxy) is 1. The molecule has 0 spiro atoms. The molecule has 0 aromatic rings. The minimum absolute atomic E-state index is 0.00924. The Morgan fingerprint density at radius 2 is 0.641 bits per heavy atom. The fourth-order valence-electron chi connectivity index (χ4n) is 9.41. The summed E-state index contributed by atoms with van der Waals surface area (Å²) in [7, 11) is 0. The van der Waals surface area contributed by atoms with E-state index in [2.05, 4.69) is 19.2 Å². The van der Waals surface area contributed by atoms with Crippen LogP contribution in [0.4, 0.5) is 0 Å². The fourth-order valence-corrected chi connectivity index (χ4v) is 9.41. The number of hydrogen-bond donors (Lipinski definition) is 3. The highest BCUT2D eigenvalue weighted by atomic mass is 16.5. The Balaban J connectivity index is 3.44. The number of amides is 1. The van der Waals surface area contributed by atoms with Gasteiger partial charge >= 0.3 is 5.97 Å². The first-order valence-electron chi connectivity index (χ1n) is 29.3. The summed E-state index contributed by atoms with van der Waals surface area (Å²) in [5, 5.41) is 23.3. The first-order chi connectivity index (χ1) is 31.5. The van der Waals surface area contributed by atoms with Crippen LogP contribution in [0.5, 0.6) is 0 Å². The van der Waals surface area contributed by atoms with E-state index in [1.54, 1.807) is 0 Å². The van der Waals surface area contributed by atoms with Crippen LogP contribution in [0.2, 0.25) is 0 Å². The van der Waals surface area contributed by atoms with Crippen molar-refractivity contribution >= 4 is 11.9 Å². The molecule has 0 saturated heterocycles. The van der Waals surface area contributed by atoms with Crippen LogP contribution in [-0.2, 0) is 14.3 Å². The molecule has 0 bridgehead atoms. The van der Waals surface area contributed by atoms with Gasteiger partial charge in [0.25, 0.3) is 0 Å². The SMILES string of the molecule is CCCCCCCCCCCCCCCCCCCCCCCC(O)C(CO)NC(=O)CCCCCCCCCCCCCOC(=O)CCCCCCCCCCCCCCCCC. The molecule has 6 heteroatoms. The van der Waals surface area contributed by atoms with Crippen LogP contribution >= 0.6 is 0 Å². The smallest absolute Gasteiger partial charge is 0.305 e. The summed E-state index contributed by atoms with van der Waals surface area (Å²) in [6.07, 6.45) is 62.3. The fraction of sp³-hybridized carbons (Fsp3) is 0.966. The van der Waals surface area contributed by atoms with Crippen LogP contribution in [0.15, 0.2) is 0 Å². The van der Waals surface area contributed by atoms with E-state index in [4.69, 9.17) is 4.74 Å². The number of unbranched alkanes of at least 4 members (excludes halogenated alkanes) is 44. The molecule has 0 aliphatic heterocycles. The zero-order valence-electron chi connectivity index (χ0n) is 43.5. The summed E-state index contributed by atoms with van der Waals surface area (Å²) in [5.74, 6) is -0.0584. The van der Waals surface area contributed by atoms with Gasteiger partial charge in [-0.2, -0.15) is 0 Å². The second kappa shape index (κ2) is 54.5. The lowest BCUT2D eigenvalue weighted by Crippen LogP contribution is -2.45. The van der Waals surface area contributed by atoms with Gasteiger partial charge in [0.05, 0.1) is 25.4 Å². The number of carbonyl (C=O) groups excluding carboxylic acids is 2. The Labute approximate surface area is 400 Å². The summed E-state index contributed by atoms with van der Waals surface area (Å²) < 4.78 is 5.47. The van der Waals surface area contributed by atoms with Crippen LogP contribution in [0, 0.1) is 0 Å². The molecular weight excluding hydrogens is 791 g/mol. The molecule has 0 fully saturated rings. The molecule has 0 aliphatic carbocycles. The zero-order valence-corrected chi connectivity index (χ0v) is 43.5. The highest BCUT2D eigenvalue weighted by molar-refractivity contribution is 5.76. The van der Waals surface area contributed by atoms with Gasteiger partial charge in [-0.15, -0.1) is 0 Å². The summed E-state index contributed by atoms with van der Waals surface area (Å²) in [4.78, 5) is 24.6. The molecule has 64 heavy (non-hydrogen) atoms. The summed E-state index contributed by atoms with van der Waals surface area (Å²) in [6.45, 7) is 4.95. The topological polar surface area (TPSA) is 95.9 Å². The molecule has 382 valence electrons. The average Bonchev–Trinajstić information content (AvgIpc) is 3.29. The molecular formula is C58H115NO5. The lowest BCUT2D eigenvalue weighted by atomic mass is 10.0. The van der Waals surface area contributed by atoms with Crippen LogP contribution in [-0.4, -0.2) is 47.4 Å². The van der Waals surface area contributed by atoms with Crippen molar-refractivity contribution in [1.29, 1.82) is 0 Å². The predicted molar refractivity (Wildman–Crippen MR) is 278 cm³/mol. The number of rotatable bonds is 55. The van der Waals surface area contributed by atoms with Crippen molar-refractivity contribution < 1.29 is 24.5 Å². The molecule has 0 aromatic heterocycles. The summed E-state index contributed by atoms with van der Waals surface area (Å²) in [6, 6.07) is -0.554. The van der Waals surface area contributed by atoms with Crippen LogP contribution in [0.25, 0.3) is 0 Å². The van der Waals surface area contributed by atoms with E-state index in [0.29, 0.717) is 25.9 Å². The maximum Gasteiger partial charge on any atom is 0.305 e. The number of hydrogen-bond acceptors (Lipinski definition) is 5. The average molecular weight is 907 g/mol. The molecule has 2 atom stereocenters. The van der Waals surface area contributed by atoms with Crippen molar-refractivity contribution in [2.24, 2.45) is 0 Å². The second-order valence-corrected chi connectivity index (χ2v) is 20.3. The van der Waals surface area contributed by atoms with Crippen molar-refractivity contribution in [1.82, 2.24) is 5.32 Å². The van der Waals surface area contributed by atoms with E-state index >= 15 is 0 Å². The maximum absolute atomic E-state index is 12.5. The van der Waals surface area contributed by atoms with E-state index < -0.39 is 12.1 Å². The monoisotopic (exact) mass is 906 g/mol. The van der Waals surface area contributed by atoms with Crippen molar-refractivity contribution in [3.05, 3.63) is 0 Å². The minimum atomic E-state index is -0.676. The molecule has 3 N–H and O–H groups in total. The van der Waals surface area contributed by atoms with Gasteiger partial charge in [0.2, 0.25) is 5.91 Å². The summed E-state index contributed by atoms with van der Waals surface area (Å²) in [5.41, 5.74) is 0. The zero-order chi connectivity index (χ0) is 46.5. The Kier molecular flexibility index (Phi) is 53.5. The number of esters is 1. The van der Waals surface area contributed by atoms with E-state index in [-0.39, 0.29) is 18.5 Å². The first kappa shape index (κ1) is 62.9. The van der Waals surface area contributed by atoms with Crippen LogP contribution in [0.3, 0.4) is 0 Å². The lowest BCUT2D eigenvalue weighted by molar-refractivity contribution is -0.143. The normalized spacial score (nSPS) is 12.5. The Bertz CT molecular complexity index is 913. The van der Waals surface area contributed by atoms with Crippen LogP contribution < -0.4 is 5.32 Å². The van der Waals surface area contributed by atoms with E-state index in [0.717, 1.165) is 57.8 Å². The molecule has 0 radical (unpaired) electrons. The first-order valence-corrected chi connectivity index (χ1v) is 29.3. The van der Waals surface area contributed by atoms with Gasteiger partial charge in [0.15, 0.2) is 0 Å². The minimum Gasteiger partial charge on any atom is -0.466 e. The van der Waals surface area contributed by atoms with Gasteiger partial charge in [-0.05, 0) is 25.7 Å². The van der Waals surface area contributed by atoms with E-state index in [9.17, 15) is 19.8 Å². The van der Waals surface area contributed by atoms with Crippen molar-refractivity contribution in [3.8, 4) is 0 Å². The van der Waals surface area contributed by atoms with E-state index in [1.807, 2.05) is 0 Å². The highest BCUT2D eigenvalue weighted by Gasteiger charge is 2.20. The molecule has 2 unspecified atom stereocenters. The highest BCUT2D eigenvalue weighted by Crippen LogP contribution is 2.18. The van der Waals surface area contributed by atoms with Gasteiger partial charge in [0, 0.05) is 12.8 Å².